The van der Waals surface area contributed by atoms with Gasteiger partial charge in [0.05, 0.1) is 26.4 Å². The molecule has 0 saturated heterocycles. The zero-order valence-electron chi connectivity index (χ0n) is 62.8. The lowest BCUT2D eigenvalue weighted by Gasteiger charge is -2.21. The molecule has 0 radical (unpaired) electrons. The predicted octanol–water partition coefficient (Wildman–Crippen LogP) is 22.6. The number of aliphatic hydroxyl groups excluding tert-OH is 1. The maximum absolute atomic E-state index is 13.1. The van der Waals surface area contributed by atoms with Gasteiger partial charge in [-0.15, -0.1) is 0 Å². The van der Waals surface area contributed by atoms with Crippen molar-refractivity contribution in [2.75, 3.05) is 39.6 Å². The molecule has 0 aromatic heterocycles. The molecule has 0 heterocycles. The average Bonchev–Trinajstić information content (AvgIpc) is 0.965. The Morgan fingerprint density at radius 1 is 0.290 bits per heavy atom. The second-order valence-electron chi connectivity index (χ2n) is 25.9. The van der Waals surface area contributed by atoms with Crippen LogP contribution < -0.4 is 0 Å². The van der Waals surface area contributed by atoms with E-state index >= 15 is 0 Å². The first-order valence-corrected chi connectivity index (χ1v) is 42.1. The smallest absolute Gasteiger partial charge is 0.462 e. The molecule has 17 nitrogen and oxygen atoms in total. The molecular formula is C81H140O17P2. The summed E-state index contributed by atoms with van der Waals surface area (Å²) < 4.78 is 68.5. The fourth-order valence-electron chi connectivity index (χ4n) is 10.2. The molecule has 0 aromatic rings. The third-order valence-corrected chi connectivity index (χ3v) is 18.1. The van der Waals surface area contributed by atoms with Crippen LogP contribution in [0.25, 0.3) is 0 Å². The highest BCUT2D eigenvalue weighted by Crippen LogP contribution is 2.45. The van der Waals surface area contributed by atoms with E-state index in [4.69, 9.17) is 37.0 Å². The molecule has 576 valence electrons. The first-order valence-electron chi connectivity index (χ1n) is 39.1. The Bertz CT molecular complexity index is 2320. The molecule has 0 saturated carbocycles. The van der Waals surface area contributed by atoms with Gasteiger partial charge >= 0.3 is 39.5 Å². The fraction of sp³-hybridized carbons (Fsp3) is 0.728. The summed E-state index contributed by atoms with van der Waals surface area (Å²) in [5.74, 6) is -2.22. The summed E-state index contributed by atoms with van der Waals surface area (Å²) in [5.41, 5.74) is 0. The van der Waals surface area contributed by atoms with Crippen LogP contribution in [0.5, 0.6) is 0 Å². The number of rotatable bonds is 73. The summed E-state index contributed by atoms with van der Waals surface area (Å²) in [6, 6.07) is 0. The van der Waals surface area contributed by atoms with E-state index in [9.17, 15) is 43.2 Å². The summed E-state index contributed by atoms with van der Waals surface area (Å²) >= 11 is 0. The zero-order chi connectivity index (χ0) is 73.2. The maximum Gasteiger partial charge on any atom is 0.472 e. The molecule has 0 aliphatic carbocycles. The fourth-order valence-corrected chi connectivity index (χ4v) is 11.8. The van der Waals surface area contributed by atoms with Crippen molar-refractivity contribution >= 4 is 39.5 Å². The van der Waals surface area contributed by atoms with Gasteiger partial charge in [-0.2, -0.15) is 0 Å². The minimum absolute atomic E-state index is 0.0749. The number of phosphoric acid groups is 2. The van der Waals surface area contributed by atoms with Crippen LogP contribution in [-0.4, -0.2) is 96.7 Å². The number of aliphatic hydroxyl groups is 1. The normalized spacial score (nSPS) is 14.5. The highest BCUT2D eigenvalue weighted by Gasteiger charge is 2.30. The predicted molar refractivity (Wildman–Crippen MR) is 408 cm³/mol. The van der Waals surface area contributed by atoms with Gasteiger partial charge in [-0.25, -0.2) is 9.13 Å². The summed E-state index contributed by atoms with van der Waals surface area (Å²) in [7, 11) is -9.97. The van der Waals surface area contributed by atoms with Crippen LogP contribution in [0.1, 0.15) is 323 Å². The van der Waals surface area contributed by atoms with Gasteiger partial charge in [0.2, 0.25) is 0 Å². The van der Waals surface area contributed by atoms with Crippen LogP contribution >= 0.6 is 15.6 Å². The summed E-state index contributed by atoms with van der Waals surface area (Å²) in [5, 5.41) is 10.6. The molecule has 0 rings (SSSR count). The molecule has 5 unspecified atom stereocenters. The largest absolute Gasteiger partial charge is 0.472 e. The zero-order valence-corrected chi connectivity index (χ0v) is 64.6. The van der Waals surface area contributed by atoms with Crippen molar-refractivity contribution in [3.8, 4) is 0 Å². The quantitative estimate of drug-likeness (QED) is 0.0169. The van der Waals surface area contributed by atoms with Crippen LogP contribution in [0.2, 0.25) is 0 Å². The van der Waals surface area contributed by atoms with E-state index in [1.54, 1.807) is 0 Å². The van der Waals surface area contributed by atoms with Crippen molar-refractivity contribution in [3.63, 3.8) is 0 Å². The third kappa shape index (κ3) is 72.1. The van der Waals surface area contributed by atoms with E-state index in [1.165, 1.54) is 38.5 Å². The molecule has 0 aliphatic heterocycles. The Kier molecular flexibility index (Phi) is 69.9. The average molecular weight is 1450 g/mol. The second kappa shape index (κ2) is 73.0. The number of carbonyl (C=O) groups excluding carboxylic acids is 4. The number of unbranched alkanes of at least 4 members (excludes halogenated alkanes) is 29. The number of ether oxygens (including phenoxy) is 4. The Hall–Kier alpha value is -4.28. The number of carbonyl (C=O) groups is 4. The molecule has 0 amide bonds. The highest BCUT2D eigenvalue weighted by molar-refractivity contribution is 7.47. The lowest BCUT2D eigenvalue weighted by Crippen LogP contribution is -2.30. The van der Waals surface area contributed by atoms with Gasteiger partial charge < -0.3 is 33.8 Å². The Labute approximate surface area is 607 Å². The molecule has 0 bridgehead atoms. The van der Waals surface area contributed by atoms with Gasteiger partial charge in [0.15, 0.2) is 12.2 Å². The van der Waals surface area contributed by atoms with E-state index in [-0.39, 0.29) is 25.7 Å². The molecule has 5 atom stereocenters. The van der Waals surface area contributed by atoms with Crippen LogP contribution in [0.4, 0.5) is 0 Å². The van der Waals surface area contributed by atoms with Gasteiger partial charge in [0.25, 0.3) is 0 Å². The third-order valence-electron chi connectivity index (χ3n) is 16.2. The Balaban J connectivity index is 5.37. The van der Waals surface area contributed by atoms with E-state index in [0.29, 0.717) is 25.7 Å². The highest BCUT2D eigenvalue weighted by atomic mass is 31.2. The second-order valence-corrected chi connectivity index (χ2v) is 28.8. The maximum atomic E-state index is 13.1. The molecule has 3 N–H and O–H groups in total. The molecule has 100 heavy (non-hydrogen) atoms. The SMILES string of the molecule is CC/C=C\C/C=C\C/C=C\CCCCCCCCCC(=O)OCC(COP(=O)(O)OCC(O)COP(=O)(O)OCC(COC(=O)CCCCCCC/C=C\C/C=C\CCCCC)OC(=O)CCCCCCC/C=C\C/C=C\CCCCC)OC(=O)CCCCCCC/C=C\C/C=C\CCC. The molecule has 0 aromatic carbocycles. The monoisotopic (exact) mass is 1450 g/mol. The van der Waals surface area contributed by atoms with E-state index in [1.807, 2.05) is 0 Å². The van der Waals surface area contributed by atoms with Crippen LogP contribution in [-0.2, 0) is 65.4 Å². The number of hydrogen-bond donors (Lipinski definition) is 3. The van der Waals surface area contributed by atoms with Crippen LogP contribution in [0.15, 0.2) is 109 Å². The first-order chi connectivity index (χ1) is 48.7. The van der Waals surface area contributed by atoms with Crippen molar-refractivity contribution in [2.45, 2.75) is 341 Å². The van der Waals surface area contributed by atoms with Crippen LogP contribution in [0, 0.1) is 0 Å². The van der Waals surface area contributed by atoms with Gasteiger partial charge in [-0.05, 0) is 148 Å². The molecule has 19 heteroatoms. The van der Waals surface area contributed by atoms with Crippen molar-refractivity contribution in [3.05, 3.63) is 109 Å². The minimum Gasteiger partial charge on any atom is -0.462 e. The number of allylic oxidation sites excluding steroid dienone is 18. The van der Waals surface area contributed by atoms with E-state index < -0.39 is 97.5 Å². The molecular weight excluding hydrogens is 1310 g/mol. The number of phosphoric ester groups is 2. The van der Waals surface area contributed by atoms with Gasteiger partial charge in [0, 0.05) is 25.7 Å². The van der Waals surface area contributed by atoms with E-state index in [2.05, 4.69) is 137 Å². The lowest BCUT2D eigenvalue weighted by atomic mass is 10.1. The Morgan fingerprint density at radius 3 is 0.840 bits per heavy atom. The summed E-state index contributed by atoms with van der Waals surface area (Å²) in [6.07, 6.45) is 77.8. The summed E-state index contributed by atoms with van der Waals surface area (Å²) in [6.45, 7) is 4.61. The van der Waals surface area contributed by atoms with Crippen molar-refractivity contribution in [2.24, 2.45) is 0 Å². The standard InChI is InChI=1S/C81H140O17P2/c1-5-9-13-17-21-25-29-33-36-37-40-43-46-50-54-58-62-66-79(84)92-71-76(97-80(85)67-63-59-55-51-47-41-32-28-24-20-16-12-8-4)73-95-99(87,88)93-69-75(82)70-94-100(89,90)96-74-77(98-81(86)68-64-60-56-52-48-44-39-35-31-27-23-19-15-11-7-3)72-91-78(83)65-61-57-53-49-45-42-38-34-30-26-22-18-14-10-6-2/h9,13,16,20-23,25-28,32-36,38-39,75-77,82H,5-8,10-12,14-15,17-19,24,29-31,37,40-74H2,1-4H3,(H,87,88)(H,89,90)/b13-9-,20-16-,25-21-,26-22-,27-23-,32-28-,36-33-,38-34-,39-35-. The first kappa shape index (κ1) is 95.7. The Morgan fingerprint density at radius 2 is 0.540 bits per heavy atom. The van der Waals surface area contributed by atoms with Gasteiger partial charge in [-0.3, -0.25) is 37.3 Å². The number of hydrogen-bond acceptors (Lipinski definition) is 15. The molecule has 0 aliphatic rings. The molecule has 0 fully saturated rings. The van der Waals surface area contributed by atoms with Crippen molar-refractivity contribution in [1.29, 1.82) is 0 Å². The molecule has 0 spiro atoms. The summed E-state index contributed by atoms with van der Waals surface area (Å²) in [4.78, 5) is 72.9. The van der Waals surface area contributed by atoms with Crippen molar-refractivity contribution < 1.29 is 80.2 Å². The van der Waals surface area contributed by atoms with E-state index in [0.717, 1.165) is 205 Å². The number of esters is 4. The van der Waals surface area contributed by atoms with Gasteiger partial charge in [0.1, 0.15) is 19.3 Å². The van der Waals surface area contributed by atoms with Crippen LogP contribution in [0.3, 0.4) is 0 Å². The topological polar surface area (TPSA) is 237 Å². The van der Waals surface area contributed by atoms with Gasteiger partial charge in [-0.1, -0.05) is 259 Å². The lowest BCUT2D eigenvalue weighted by molar-refractivity contribution is -0.161. The van der Waals surface area contributed by atoms with Crippen molar-refractivity contribution in [1.82, 2.24) is 0 Å². The minimum atomic E-state index is -4.98.